The molecule has 0 atom stereocenters. The summed E-state index contributed by atoms with van der Waals surface area (Å²) in [7, 11) is 0. The highest BCUT2D eigenvalue weighted by Gasteiger charge is 2.43. The van der Waals surface area contributed by atoms with Gasteiger partial charge in [0, 0.05) is 11.8 Å². The van der Waals surface area contributed by atoms with Gasteiger partial charge >= 0.3 is 6.36 Å². The van der Waals surface area contributed by atoms with Gasteiger partial charge in [-0.15, -0.1) is 13.2 Å². The third-order valence-electron chi connectivity index (χ3n) is 3.01. The minimum Gasteiger partial charge on any atom is -0.493 e. The first-order valence-electron chi connectivity index (χ1n) is 5.78. The maximum Gasteiger partial charge on any atom is 0.573 e. The number of rotatable bonds is 5. The molecule has 1 saturated carbocycles. The van der Waals surface area contributed by atoms with Crippen LogP contribution < -0.4 is 9.47 Å². The molecule has 0 N–H and O–H groups in total. The topological polar surface area (TPSA) is 42.2 Å². The summed E-state index contributed by atoms with van der Waals surface area (Å²) in [6.45, 7) is 0.417. The van der Waals surface area contributed by atoms with Gasteiger partial charge in [-0.3, -0.25) is 0 Å². The van der Waals surface area contributed by atoms with Crippen molar-refractivity contribution in [1.29, 1.82) is 5.26 Å². The van der Waals surface area contributed by atoms with Crippen molar-refractivity contribution >= 4 is 0 Å². The lowest BCUT2D eigenvalue weighted by atomic mass is 10.1. The first-order chi connectivity index (χ1) is 8.92. The Kier molecular flexibility index (Phi) is 3.56. The highest BCUT2D eigenvalue weighted by Crippen LogP contribution is 2.48. The molecule has 1 fully saturated rings. The quantitative estimate of drug-likeness (QED) is 0.820. The van der Waals surface area contributed by atoms with E-state index in [9.17, 15) is 13.2 Å². The average Bonchev–Trinajstić information content (AvgIpc) is 3.07. The average molecular weight is 271 g/mol. The lowest BCUT2D eigenvalue weighted by molar-refractivity contribution is -0.274. The van der Waals surface area contributed by atoms with Crippen LogP contribution in [-0.2, 0) is 0 Å². The minimum atomic E-state index is -4.69. The molecule has 2 rings (SSSR count). The second kappa shape index (κ2) is 5.00. The molecule has 102 valence electrons. The number of benzene rings is 1. The molecule has 3 nitrogen and oxygen atoms in total. The molecule has 0 saturated heterocycles. The Morgan fingerprint density at radius 3 is 2.21 bits per heavy atom. The lowest BCUT2D eigenvalue weighted by Gasteiger charge is -2.13. The van der Waals surface area contributed by atoms with Crippen molar-refractivity contribution in [3.05, 3.63) is 24.3 Å². The molecule has 0 aromatic heterocycles. The molecule has 0 spiro atoms. The Morgan fingerprint density at radius 1 is 1.16 bits per heavy atom. The maximum absolute atomic E-state index is 12.0. The van der Waals surface area contributed by atoms with Crippen LogP contribution in [0.2, 0.25) is 0 Å². The Morgan fingerprint density at radius 2 is 1.74 bits per heavy atom. The van der Waals surface area contributed by atoms with Gasteiger partial charge in [0.15, 0.2) is 0 Å². The van der Waals surface area contributed by atoms with Crippen LogP contribution in [0.15, 0.2) is 24.3 Å². The third kappa shape index (κ3) is 4.05. The van der Waals surface area contributed by atoms with Gasteiger partial charge in [0.05, 0.1) is 12.7 Å². The fraction of sp³-hybridized carbons (Fsp3) is 0.462. The fourth-order valence-electron chi connectivity index (χ4n) is 1.69. The van der Waals surface area contributed by atoms with Gasteiger partial charge in [0.1, 0.15) is 11.5 Å². The number of alkyl halides is 3. The van der Waals surface area contributed by atoms with Crippen molar-refractivity contribution < 1.29 is 22.6 Å². The van der Waals surface area contributed by atoms with Gasteiger partial charge in [0.25, 0.3) is 0 Å². The van der Waals surface area contributed by atoms with E-state index in [2.05, 4.69) is 10.8 Å². The summed E-state index contributed by atoms with van der Waals surface area (Å²) in [5.74, 6) is 0.191. The molecule has 0 bridgehead atoms. The summed E-state index contributed by atoms with van der Waals surface area (Å²) in [5, 5.41) is 8.65. The maximum atomic E-state index is 12.0. The van der Waals surface area contributed by atoms with Crippen molar-refractivity contribution in [3.8, 4) is 17.6 Å². The first-order valence-corrected chi connectivity index (χ1v) is 5.78. The van der Waals surface area contributed by atoms with Gasteiger partial charge in [-0.05, 0) is 37.1 Å². The lowest BCUT2D eigenvalue weighted by Crippen LogP contribution is -2.17. The predicted molar refractivity (Wildman–Crippen MR) is 60.5 cm³/mol. The summed E-state index contributed by atoms with van der Waals surface area (Å²) in [6, 6.07) is 7.36. The largest absolute Gasteiger partial charge is 0.573 e. The molecule has 0 radical (unpaired) electrons. The smallest absolute Gasteiger partial charge is 0.493 e. The molecule has 1 aromatic carbocycles. The molecule has 19 heavy (non-hydrogen) atoms. The van der Waals surface area contributed by atoms with E-state index in [1.165, 1.54) is 24.3 Å². The van der Waals surface area contributed by atoms with E-state index >= 15 is 0 Å². The number of nitriles is 1. The van der Waals surface area contributed by atoms with Gasteiger partial charge in [-0.2, -0.15) is 5.26 Å². The monoisotopic (exact) mass is 271 g/mol. The zero-order valence-corrected chi connectivity index (χ0v) is 10.0. The fourth-order valence-corrected chi connectivity index (χ4v) is 1.69. The molecular formula is C13H12F3NO2. The van der Waals surface area contributed by atoms with E-state index in [4.69, 9.17) is 10.00 Å². The van der Waals surface area contributed by atoms with E-state index in [1.54, 1.807) is 0 Å². The molecule has 0 amide bonds. The van der Waals surface area contributed by atoms with Crippen LogP contribution >= 0.6 is 0 Å². The van der Waals surface area contributed by atoms with Crippen LogP contribution in [0.1, 0.15) is 19.3 Å². The van der Waals surface area contributed by atoms with Crippen molar-refractivity contribution in [3.63, 3.8) is 0 Å². The van der Waals surface area contributed by atoms with Gasteiger partial charge in [-0.25, -0.2) is 0 Å². The van der Waals surface area contributed by atoms with Crippen molar-refractivity contribution in [1.82, 2.24) is 0 Å². The van der Waals surface area contributed by atoms with Gasteiger partial charge in [-0.1, -0.05) is 0 Å². The molecule has 0 unspecified atom stereocenters. The number of halogens is 3. The Hall–Kier alpha value is -1.90. The van der Waals surface area contributed by atoms with Crippen LogP contribution in [0.3, 0.4) is 0 Å². The minimum absolute atomic E-state index is 0.0596. The molecule has 1 aliphatic carbocycles. The number of hydrogen-bond acceptors (Lipinski definition) is 3. The molecule has 0 heterocycles. The highest BCUT2D eigenvalue weighted by molar-refractivity contribution is 5.31. The molecular weight excluding hydrogens is 259 g/mol. The standard InChI is InChI=1S/C13H12F3NO2/c14-13(15,16)19-11-3-1-10(2-4-11)18-9-12(5-6-12)7-8-17/h1-4H,5-7,9H2. The van der Waals surface area contributed by atoms with Crippen LogP contribution in [0.5, 0.6) is 11.5 Å². The van der Waals surface area contributed by atoms with E-state index in [0.29, 0.717) is 18.8 Å². The van der Waals surface area contributed by atoms with Crippen molar-refractivity contribution in [2.45, 2.75) is 25.6 Å². The van der Waals surface area contributed by atoms with Gasteiger partial charge in [0.2, 0.25) is 0 Å². The normalized spacial score (nSPS) is 16.5. The van der Waals surface area contributed by atoms with Crippen LogP contribution in [0.25, 0.3) is 0 Å². The molecule has 0 aliphatic heterocycles. The second-order valence-corrected chi connectivity index (χ2v) is 4.64. The summed E-state index contributed by atoms with van der Waals surface area (Å²) in [4.78, 5) is 0. The highest BCUT2D eigenvalue weighted by atomic mass is 19.4. The molecule has 1 aromatic rings. The second-order valence-electron chi connectivity index (χ2n) is 4.64. The Labute approximate surface area is 108 Å². The zero-order chi connectivity index (χ0) is 13.9. The Balaban J connectivity index is 1.87. The Bertz CT molecular complexity index is 472. The van der Waals surface area contributed by atoms with Gasteiger partial charge < -0.3 is 9.47 Å². The van der Waals surface area contributed by atoms with E-state index in [0.717, 1.165) is 12.8 Å². The molecule has 1 aliphatic rings. The van der Waals surface area contributed by atoms with Crippen LogP contribution in [0, 0.1) is 16.7 Å². The first kappa shape index (κ1) is 13.5. The summed E-state index contributed by atoms with van der Waals surface area (Å²) >= 11 is 0. The third-order valence-corrected chi connectivity index (χ3v) is 3.01. The molecule has 6 heteroatoms. The zero-order valence-electron chi connectivity index (χ0n) is 10.0. The van der Waals surface area contributed by atoms with E-state index in [1.807, 2.05) is 0 Å². The van der Waals surface area contributed by atoms with Crippen molar-refractivity contribution in [2.24, 2.45) is 5.41 Å². The summed E-state index contributed by atoms with van der Waals surface area (Å²) < 4.78 is 45.1. The summed E-state index contributed by atoms with van der Waals surface area (Å²) in [6.07, 6.45) is -2.33. The van der Waals surface area contributed by atoms with E-state index in [-0.39, 0.29) is 11.2 Å². The number of nitrogens with zero attached hydrogens (tertiary/aromatic N) is 1. The predicted octanol–water partition coefficient (Wildman–Crippen LogP) is 3.66. The number of hydrogen-bond donors (Lipinski definition) is 0. The SMILES string of the molecule is N#CCC1(COc2ccc(OC(F)(F)F)cc2)CC1. The van der Waals surface area contributed by atoms with E-state index < -0.39 is 6.36 Å². The number of ether oxygens (including phenoxy) is 2. The van der Waals surface area contributed by atoms with Crippen LogP contribution in [0.4, 0.5) is 13.2 Å². The van der Waals surface area contributed by atoms with Crippen LogP contribution in [-0.4, -0.2) is 13.0 Å². The summed E-state index contributed by atoms with van der Waals surface area (Å²) in [5.41, 5.74) is -0.0596. The van der Waals surface area contributed by atoms with Crippen molar-refractivity contribution in [2.75, 3.05) is 6.61 Å².